The van der Waals surface area contributed by atoms with Gasteiger partial charge in [-0.3, -0.25) is 4.98 Å². The van der Waals surface area contributed by atoms with Crippen LogP contribution in [0.25, 0.3) is 11.3 Å². The predicted molar refractivity (Wildman–Crippen MR) is 67.5 cm³/mol. The second kappa shape index (κ2) is 4.52. The zero-order valence-corrected chi connectivity index (χ0v) is 9.80. The standard InChI is InChI=1S/C13H13N3O2/c14-13-12(15-4-5-16-13)9-2-3-10-11(8-9)18-7-1-6-17-10/h2-5,8H,1,6-7H2,(H2,14,16). The molecule has 0 amide bonds. The Morgan fingerprint density at radius 1 is 1.00 bits per heavy atom. The monoisotopic (exact) mass is 243 g/mol. The number of ether oxygens (including phenoxy) is 2. The van der Waals surface area contributed by atoms with E-state index < -0.39 is 0 Å². The van der Waals surface area contributed by atoms with Crippen molar-refractivity contribution in [1.82, 2.24) is 9.97 Å². The Kier molecular flexibility index (Phi) is 2.72. The van der Waals surface area contributed by atoms with E-state index in [9.17, 15) is 0 Å². The number of anilines is 1. The van der Waals surface area contributed by atoms with E-state index in [1.54, 1.807) is 12.4 Å². The molecule has 0 aliphatic carbocycles. The highest BCUT2D eigenvalue weighted by Crippen LogP contribution is 2.34. The van der Waals surface area contributed by atoms with Gasteiger partial charge < -0.3 is 15.2 Å². The van der Waals surface area contributed by atoms with E-state index in [2.05, 4.69) is 9.97 Å². The minimum atomic E-state index is 0.409. The summed E-state index contributed by atoms with van der Waals surface area (Å²) in [5.41, 5.74) is 7.35. The van der Waals surface area contributed by atoms with Crippen LogP contribution in [-0.2, 0) is 0 Å². The molecule has 1 aliphatic rings. The van der Waals surface area contributed by atoms with E-state index in [1.165, 1.54) is 0 Å². The first-order valence-electron chi connectivity index (χ1n) is 5.81. The van der Waals surface area contributed by atoms with Gasteiger partial charge in [-0.25, -0.2) is 4.98 Å². The second-order valence-corrected chi connectivity index (χ2v) is 4.00. The van der Waals surface area contributed by atoms with Crippen molar-refractivity contribution in [1.29, 1.82) is 0 Å². The molecule has 3 rings (SSSR count). The number of hydrogen-bond acceptors (Lipinski definition) is 5. The lowest BCUT2D eigenvalue weighted by atomic mass is 10.1. The van der Waals surface area contributed by atoms with Crippen molar-refractivity contribution >= 4 is 5.82 Å². The number of nitrogens with zero attached hydrogens (tertiary/aromatic N) is 2. The number of aromatic nitrogens is 2. The molecular formula is C13H13N3O2. The second-order valence-electron chi connectivity index (χ2n) is 4.00. The Balaban J connectivity index is 2.04. The van der Waals surface area contributed by atoms with Crippen LogP contribution in [0.4, 0.5) is 5.82 Å². The summed E-state index contributed by atoms with van der Waals surface area (Å²) in [4.78, 5) is 8.27. The molecule has 0 saturated heterocycles. The van der Waals surface area contributed by atoms with Crippen LogP contribution in [0.15, 0.2) is 30.6 Å². The average Bonchev–Trinajstić information content (AvgIpc) is 2.63. The topological polar surface area (TPSA) is 70.3 Å². The van der Waals surface area contributed by atoms with E-state index in [-0.39, 0.29) is 0 Å². The van der Waals surface area contributed by atoms with E-state index in [4.69, 9.17) is 15.2 Å². The van der Waals surface area contributed by atoms with Crippen molar-refractivity contribution in [2.24, 2.45) is 0 Å². The molecule has 0 spiro atoms. The van der Waals surface area contributed by atoms with Crippen molar-refractivity contribution in [2.75, 3.05) is 18.9 Å². The van der Waals surface area contributed by atoms with Crippen LogP contribution in [0.2, 0.25) is 0 Å². The van der Waals surface area contributed by atoms with Gasteiger partial charge in [-0.1, -0.05) is 0 Å². The van der Waals surface area contributed by atoms with Gasteiger partial charge in [0, 0.05) is 24.4 Å². The van der Waals surface area contributed by atoms with Gasteiger partial charge in [-0.05, 0) is 18.2 Å². The summed E-state index contributed by atoms with van der Waals surface area (Å²) >= 11 is 0. The highest BCUT2D eigenvalue weighted by Gasteiger charge is 2.13. The molecular weight excluding hydrogens is 230 g/mol. The molecule has 5 heteroatoms. The number of benzene rings is 1. The van der Waals surface area contributed by atoms with Gasteiger partial charge in [0.25, 0.3) is 0 Å². The first kappa shape index (κ1) is 10.8. The Hall–Kier alpha value is -2.30. The first-order valence-corrected chi connectivity index (χ1v) is 5.81. The molecule has 0 bridgehead atoms. The van der Waals surface area contributed by atoms with Crippen LogP contribution in [0.3, 0.4) is 0 Å². The van der Waals surface area contributed by atoms with Crippen LogP contribution in [0.1, 0.15) is 6.42 Å². The maximum Gasteiger partial charge on any atom is 0.161 e. The van der Waals surface area contributed by atoms with Crippen molar-refractivity contribution in [2.45, 2.75) is 6.42 Å². The Morgan fingerprint density at radius 3 is 2.61 bits per heavy atom. The van der Waals surface area contributed by atoms with Crippen LogP contribution < -0.4 is 15.2 Å². The Morgan fingerprint density at radius 2 is 1.78 bits per heavy atom. The molecule has 5 nitrogen and oxygen atoms in total. The molecule has 0 radical (unpaired) electrons. The molecule has 2 N–H and O–H groups in total. The van der Waals surface area contributed by atoms with Gasteiger partial charge in [0.05, 0.1) is 13.2 Å². The number of nitrogen functional groups attached to an aromatic ring is 1. The lowest BCUT2D eigenvalue weighted by molar-refractivity contribution is 0.297. The third-order valence-corrected chi connectivity index (χ3v) is 2.75. The zero-order chi connectivity index (χ0) is 12.4. The fraction of sp³-hybridized carbons (Fsp3) is 0.231. The van der Waals surface area contributed by atoms with E-state index in [0.29, 0.717) is 24.7 Å². The summed E-state index contributed by atoms with van der Waals surface area (Å²) < 4.78 is 11.2. The Bertz CT molecular complexity index is 572. The third kappa shape index (κ3) is 1.95. The van der Waals surface area contributed by atoms with Crippen molar-refractivity contribution in [3.8, 4) is 22.8 Å². The first-order chi connectivity index (χ1) is 8.84. The third-order valence-electron chi connectivity index (χ3n) is 2.75. The summed E-state index contributed by atoms with van der Waals surface area (Å²) in [5.74, 6) is 1.90. The summed E-state index contributed by atoms with van der Waals surface area (Å²) in [6.07, 6.45) is 4.08. The number of nitrogens with two attached hydrogens (primary N) is 1. The van der Waals surface area contributed by atoms with Gasteiger partial charge in [0.1, 0.15) is 11.5 Å². The molecule has 0 unspecified atom stereocenters. The molecule has 92 valence electrons. The van der Waals surface area contributed by atoms with Gasteiger partial charge >= 0.3 is 0 Å². The number of rotatable bonds is 1. The smallest absolute Gasteiger partial charge is 0.161 e. The van der Waals surface area contributed by atoms with Crippen LogP contribution in [0, 0.1) is 0 Å². The number of fused-ring (bicyclic) bond motifs is 1. The van der Waals surface area contributed by atoms with E-state index in [1.807, 2.05) is 18.2 Å². The van der Waals surface area contributed by atoms with Crippen LogP contribution in [0.5, 0.6) is 11.5 Å². The van der Waals surface area contributed by atoms with E-state index in [0.717, 1.165) is 23.5 Å². The molecule has 0 fully saturated rings. The van der Waals surface area contributed by atoms with Gasteiger partial charge in [0.15, 0.2) is 11.5 Å². The zero-order valence-electron chi connectivity index (χ0n) is 9.80. The normalized spacial score (nSPS) is 14.0. The van der Waals surface area contributed by atoms with E-state index >= 15 is 0 Å². The van der Waals surface area contributed by atoms with Gasteiger partial charge in [-0.15, -0.1) is 0 Å². The average molecular weight is 243 g/mol. The number of hydrogen-bond donors (Lipinski definition) is 1. The lowest BCUT2D eigenvalue weighted by Gasteiger charge is -2.09. The van der Waals surface area contributed by atoms with Gasteiger partial charge in [-0.2, -0.15) is 0 Å². The molecule has 1 aromatic heterocycles. The molecule has 1 aromatic carbocycles. The largest absolute Gasteiger partial charge is 0.490 e. The molecule has 1 aliphatic heterocycles. The quantitative estimate of drug-likeness (QED) is 0.828. The highest BCUT2D eigenvalue weighted by atomic mass is 16.5. The minimum Gasteiger partial charge on any atom is -0.490 e. The molecule has 2 heterocycles. The minimum absolute atomic E-state index is 0.409. The SMILES string of the molecule is Nc1nccnc1-c1ccc2c(c1)OCCCO2. The van der Waals surface area contributed by atoms with Crippen LogP contribution in [-0.4, -0.2) is 23.2 Å². The summed E-state index contributed by atoms with van der Waals surface area (Å²) in [5, 5.41) is 0. The molecule has 18 heavy (non-hydrogen) atoms. The van der Waals surface area contributed by atoms with Crippen molar-refractivity contribution in [3.05, 3.63) is 30.6 Å². The summed E-state index contributed by atoms with van der Waals surface area (Å²) in [6.45, 7) is 1.34. The fourth-order valence-electron chi connectivity index (χ4n) is 1.88. The molecule has 0 saturated carbocycles. The Labute approximate surface area is 105 Å². The highest BCUT2D eigenvalue weighted by molar-refractivity contribution is 5.71. The van der Waals surface area contributed by atoms with Crippen LogP contribution >= 0.6 is 0 Å². The summed E-state index contributed by atoms with van der Waals surface area (Å²) in [7, 11) is 0. The van der Waals surface area contributed by atoms with Crippen molar-refractivity contribution < 1.29 is 9.47 Å². The maximum atomic E-state index is 5.81. The maximum absolute atomic E-state index is 5.81. The predicted octanol–water partition coefficient (Wildman–Crippen LogP) is 1.89. The molecule has 0 atom stereocenters. The van der Waals surface area contributed by atoms with Crippen molar-refractivity contribution in [3.63, 3.8) is 0 Å². The fourth-order valence-corrected chi connectivity index (χ4v) is 1.88. The van der Waals surface area contributed by atoms with Gasteiger partial charge in [0.2, 0.25) is 0 Å². The lowest BCUT2D eigenvalue weighted by Crippen LogP contribution is -1.97. The molecule has 2 aromatic rings. The summed E-state index contributed by atoms with van der Waals surface area (Å²) in [6, 6.07) is 5.68.